The Balaban J connectivity index is 1.52. The maximum absolute atomic E-state index is 14.2. The summed E-state index contributed by atoms with van der Waals surface area (Å²) >= 11 is 2.37. The molecule has 0 aliphatic rings. The van der Waals surface area contributed by atoms with Gasteiger partial charge in [0.1, 0.15) is 17.5 Å². The lowest BCUT2D eigenvalue weighted by molar-refractivity contribution is -0.115. The molecular weight excluding hydrogens is 469 g/mol. The van der Waals surface area contributed by atoms with Crippen molar-refractivity contribution in [1.29, 1.82) is 0 Å². The molecule has 1 amide bonds. The van der Waals surface area contributed by atoms with Crippen molar-refractivity contribution in [3.63, 3.8) is 0 Å². The molecule has 2 aromatic heterocycles. The lowest BCUT2D eigenvalue weighted by Crippen LogP contribution is -2.23. The van der Waals surface area contributed by atoms with Crippen LogP contribution in [0.25, 0.3) is 16.5 Å². The molecule has 4 nitrogen and oxygen atoms in total. The first-order valence-corrected chi connectivity index (χ1v) is 11.3. The Hall–Kier alpha value is -3.56. The fourth-order valence-electron chi connectivity index (χ4n) is 3.01. The van der Waals surface area contributed by atoms with Crippen molar-refractivity contribution in [2.24, 2.45) is 0 Å². The highest BCUT2D eigenvalue weighted by molar-refractivity contribution is 7.17. The Labute approximate surface area is 195 Å². The van der Waals surface area contributed by atoms with Crippen molar-refractivity contribution in [2.45, 2.75) is 6.92 Å². The predicted molar refractivity (Wildman–Crippen MR) is 124 cm³/mol. The average Bonchev–Trinajstić information content (AvgIpc) is 3.44. The van der Waals surface area contributed by atoms with Crippen LogP contribution in [0.5, 0.6) is 0 Å². The summed E-state index contributed by atoms with van der Waals surface area (Å²) in [5, 5.41) is 1.81. The summed E-state index contributed by atoms with van der Waals surface area (Å²) in [4.78, 5) is 31.3. The number of halogens is 3. The predicted octanol–water partition coefficient (Wildman–Crippen LogP) is 6.87. The number of rotatable bonds is 6. The number of benzene rings is 2. The molecule has 2 aromatic carbocycles. The number of hydrogen-bond donors (Lipinski definition) is 0. The zero-order chi connectivity index (χ0) is 23.5. The van der Waals surface area contributed by atoms with Gasteiger partial charge in [0, 0.05) is 23.2 Å². The van der Waals surface area contributed by atoms with Gasteiger partial charge < -0.3 is 0 Å². The molecule has 9 heteroatoms. The molecule has 4 aromatic rings. The molecule has 0 saturated heterocycles. The van der Waals surface area contributed by atoms with E-state index in [9.17, 15) is 22.8 Å². The van der Waals surface area contributed by atoms with E-state index < -0.39 is 17.5 Å². The highest BCUT2D eigenvalue weighted by Crippen LogP contribution is 2.32. The molecule has 33 heavy (non-hydrogen) atoms. The van der Waals surface area contributed by atoms with Gasteiger partial charge in [0.25, 0.3) is 0 Å². The molecular formula is C24H15F3N2O2S2. The Bertz CT molecular complexity index is 1360. The second-order valence-electron chi connectivity index (χ2n) is 6.87. The first-order chi connectivity index (χ1) is 15.8. The largest absolute Gasteiger partial charge is 0.288 e. The SMILES string of the molecule is CC(=O)N(c1nc(/C=C/C(=O)c2ccc(-c3ccc(F)cc3)s2)cs1)c1ccc(F)cc1F. The normalized spacial score (nSPS) is 11.2. The topological polar surface area (TPSA) is 50.3 Å². The van der Waals surface area contributed by atoms with E-state index in [4.69, 9.17) is 0 Å². The standard InChI is InChI=1S/C24H15F3N2O2S2/c1-14(30)29(20-8-6-17(26)12-19(20)27)24-28-18(13-32-24)7-9-21(31)23-11-10-22(33-23)15-2-4-16(25)5-3-15/h2-13H,1H3/b9-7+. The van der Waals surface area contributed by atoms with Crippen LogP contribution in [-0.2, 0) is 4.79 Å². The van der Waals surface area contributed by atoms with Crippen molar-refractivity contribution in [2.75, 3.05) is 4.90 Å². The molecule has 166 valence electrons. The number of hydrogen-bond acceptors (Lipinski definition) is 5. The van der Waals surface area contributed by atoms with Crippen LogP contribution >= 0.6 is 22.7 Å². The Morgan fingerprint density at radius 3 is 2.39 bits per heavy atom. The van der Waals surface area contributed by atoms with E-state index in [0.717, 1.165) is 32.7 Å². The third-order valence-electron chi connectivity index (χ3n) is 4.55. The fraction of sp³-hybridized carbons (Fsp3) is 0.0417. The van der Waals surface area contributed by atoms with Gasteiger partial charge in [0.15, 0.2) is 10.9 Å². The maximum atomic E-state index is 14.2. The number of nitrogens with zero attached hydrogens (tertiary/aromatic N) is 2. The summed E-state index contributed by atoms with van der Waals surface area (Å²) in [5.74, 6) is -2.70. The number of carbonyl (C=O) groups is 2. The summed E-state index contributed by atoms with van der Waals surface area (Å²) < 4.78 is 40.5. The highest BCUT2D eigenvalue weighted by Gasteiger charge is 2.21. The number of thiophene rings is 1. The van der Waals surface area contributed by atoms with Crippen LogP contribution in [-0.4, -0.2) is 16.7 Å². The van der Waals surface area contributed by atoms with E-state index in [-0.39, 0.29) is 22.4 Å². The monoisotopic (exact) mass is 484 g/mol. The molecule has 0 atom stereocenters. The molecule has 0 saturated carbocycles. The van der Waals surface area contributed by atoms with Crippen LogP contribution in [0.2, 0.25) is 0 Å². The fourth-order valence-corrected chi connectivity index (χ4v) is 4.79. The van der Waals surface area contributed by atoms with Gasteiger partial charge in [-0.3, -0.25) is 14.5 Å². The summed E-state index contributed by atoms with van der Waals surface area (Å²) in [6.07, 6.45) is 2.86. The molecule has 0 fully saturated rings. The van der Waals surface area contributed by atoms with Crippen LogP contribution < -0.4 is 4.90 Å². The minimum atomic E-state index is -0.887. The molecule has 0 aliphatic carbocycles. The number of thiazole rings is 1. The number of ketones is 1. The zero-order valence-electron chi connectivity index (χ0n) is 17.1. The number of aromatic nitrogens is 1. The van der Waals surface area contributed by atoms with Crippen molar-refractivity contribution in [1.82, 2.24) is 4.98 Å². The summed E-state index contributed by atoms with van der Waals surface area (Å²) in [5.41, 5.74) is 1.11. The Kier molecular flexibility index (Phi) is 6.52. The van der Waals surface area contributed by atoms with Gasteiger partial charge in [-0.05, 0) is 54.1 Å². The maximum Gasteiger partial charge on any atom is 0.230 e. The van der Waals surface area contributed by atoms with Gasteiger partial charge in [-0.15, -0.1) is 22.7 Å². The van der Waals surface area contributed by atoms with Crippen LogP contribution in [0, 0.1) is 17.5 Å². The van der Waals surface area contributed by atoms with Gasteiger partial charge in [-0.25, -0.2) is 18.2 Å². The van der Waals surface area contributed by atoms with Crippen LogP contribution in [0.4, 0.5) is 24.0 Å². The summed E-state index contributed by atoms with van der Waals surface area (Å²) in [6.45, 7) is 1.25. The molecule has 0 N–H and O–H groups in total. The molecule has 2 heterocycles. The van der Waals surface area contributed by atoms with E-state index in [1.54, 1.807) is 29.6 Å². The minimum absolute atomic E-state index is 0.114. The lowest BCUT2D eigenvalue weighted by Gasteiger charge is -2.18. The summed E-state index contributed by atoms with van der Waals surface area (Å²) in [7, 11) is 0. The van der Waals surface area contributed by atoms with E-state index in [1.807, 2.05) is 0 Å². The molecule has 0 unspecified atom stereocenters. The molecule has 0 aliphatic heterocycles. The van der Waals surface area contributed by atoms with Gasteiger partial charge >= 0.3 is 0 Å². The number of anilines is 2. The molecule has 4 rings (SSSR count). The second kappa shape index (κ2) is 9.51. The lowest BCUT2D eigenvalue weighted by atomic mass is 10.2. The van der Waals surface area contributed by atoms with Gasteiger partial charge in [0.05, 0.1) is 16.3 Å². The average molecular weight is 485 g/mol. The Morgan fingerprint density at radius 2 is 1.70 bits per heavy atom. The van der Waals surface area contributed by atoms with Crippen LogP contribution in [0.3, 0.4) is 0 Å². The molecule has 0 spiro atoms. The van der Waals surface area contributed by atoms with Crippen molar-refractivity contribution in [3.05, 3.63) is 94.1 Å². The number of carbonyl (C=O) groups excluding carboxylic acids is 2. The van der Waals surface area contributed by atoms with Crippen LogP contribution in [0.1, 0.15) is 22.3 Å². The zero-order valence-corrected chi connectivity index (χ0v) is 18.7. The smallest absolute Gasteiger partial charge is 0.230 e. The van der Waals surface area contributed by atoms with Crippen molar-refractivity contribution >= 4 is 51.3 Å². The van der Waals surface area contributed by atoms with E-state index >= 15 is 0 Å². The van der Waals surface area contributed by atoms with E-state index in [1.165, 1.54) is 48.6 Å². The first-order valence-electron chi connectivity index (χ1n) is 9.61. The third-order valence-corrected chi connectivity index (χ3v) is 6.54. The van der Waals surface area contributed by atoms with Crippen molar-refractivity contribution in [3.8, 4) is 10.4 Å². The third kappa shape index (κ3) is 5.10. The summed E-state index contributed by atoms with van der Waals surface area (Å²) in [6, 6.07) is 12.4. The second-order valence-corrected chi connectivity index (χ2v) is 8.79. The first kappa shape index (κ1) is 22.6. The highest BCUT2D eigenvalue weighted by atomic mass is 32.1. The van der Waals surface area contributed by atoms with E-state index in [0.29, 0.717) is 16.6 Å². The van der Waals surface area contributed by atoms with E-state index in [2.05, 4.69) is 4.98 Å². The molecule has 0 bridgehead atoms. The van der Waals surface area contributed by atoms with Crippen LogP contribution in [0.15, 0.2) is 66.1 Å². The minimum Gasteiger partial charge on any atom is -0.288 e. The molecule has 0 radical (unpaired) electrons. The van der Waals surface area contributed by atoms with Crippen molar-refractivity contribution < 1.29 is 22.8 Å². The number of allylic oxidation sites excluding steroid dienone is 1. The van der Waals surface area contributed by atoms with Gasteiger partial charge in [-0.2, -0.15) is 0 Å². The Morgan fingerprint density at radius 1 is 0.970 bits per heavy atom. The quantitative estimate of drug-likeness (QED) is 0.222. The van der Waals surface area contributed by atoms with Gasteiger partial charge in [-0.1, -0.05) is 12.1 Å². The van der Waals surface area contributed by atoms with Gasteiger partial charge in [0.2, 0.25) is 5.91 Å². The number of amides is 1.